The van der Waals surface area contributed by atoms with Gasteiger partial charge >= 0.3 is 5.97 Å². The molecule has 1 atom stereocenters. The lowest BCUT2D eigenvalue weighted by atomic mass is 10.0. The molecule has 2 N–H and O–H groups in total. The van der Waals surface area contributed by atoms with Crippen LogP contribution in [0, 0.1) is 0 Å². The molecule has 0 unspecified atom stereocenters. The van der Waals surface area contributed by atoms with E-state index in [-0.39, 0.29) is 23.5 Å². The minimum atomic E-state index is -1.25. The molecule has 4 rings (SSSR count). The van der Waals surface area contributed by atoms with E-state index < -0.39 is 36.3 Å². The number of carbonyl (C=O) groups excluding carboxylic acids is 5. The Kier molecular flexibility index (Phi) is 7.20. The van der Waals surface area contributed by atoms with Crippen LogP contribution in [0.2, 0.25) is 0 Å². The molecule has 1 heterocycles. The van der Waals surface area contributed by atoms with Gasteiger partial charge in [0.1, 0.15) is 6.04 Å². The highest BCUT2D eigenvalue weighted by Gasteiger charge is 2.43. The van der Waals surface area contributed by atoms with E-state index in [0.717, 1.165) is 10.5 Å². The Morgan fingerprint density at radius 3 is 1.86 bits per heavy atom. The van der Waals surface area contributed by atoms with Gasteiger partial charge in [-0.3, -0.25) is 24.1 Å². The third kappa shape index (κ3) is 5.47. The van der Waals surface area contributed by atoms with Gasteiger partial charge in [-0.15, -0.1) is 0 Å². The lowest BCUT2D eigenvalue weighted by Crippen LogP contribution is -2.47. The molecule has 182 valence electrons. The monoisotopic (exact) mass is 485 g/mol. The average Bonchev–Trinajstić information content (AvgIpc) is 3.12. The maximum absolute atomic E-state index is 13.1. The first-order chi connectivity index (χ1) is 17.3. The molecule has 3 aromatic rings. The fourth-order valence-electron chi connectivity index (χ4n) is 3.88. The molecule has 0 aromatic heterocycles. The Hall–Kier alpha value is -4.79. The van der Waals surface area contributed by atoms with Crippen molar-refractivity contribution in [2.24, 2.45) is 0 Å². The smallest absolute Gasteiger partial charge is 0.330 e. The number of benzene rings is 3. The molecule has 4 amide bonds. The van der Waals surface area contributed by atoms with Gasteiger partial charge in [-0.25, -0.2) is 4.79 Å². The Labute approximate surface area is 207 Å². The van der Waals surface area contributed by atoms with Crippen LogP contribution in [-0.2, 0) is 25.5 Å². The van der Waals surface area contributed by atoms with Crippen LogP contribution in [0.1, 0.15) is 33.2 Å². The Morgan fingerprint density at radius 2 is 1.31 bits per heavy atom. The number of carbonyl (C=O) groups is 5. The predicted octanol–water partition coefficient (Wildman–Crippen LogP) is 3.03. The summed E-state index contributed by atoms with van der Waals surface area (Å²) in [5.41, 5.74) is 2.16. The zero-order valence-electron chi connectivity index (χ0n) is 19.4. The Bertz CT molecular complexity index is 1290. The summed E-state index contributed by atoms with van der Waals surface area (Å²) in [5, 5.41) is 5.21. The van der Waals surface area contributed by atoms with Gasteiger partial charge in [0.05, 0.1) is 11.1 Å². The summed E-state index contributed by atoms with van der Waals surface area (Å²) in [4.78, 5) is 63.5. The number of rotatable bonds is 8. The normalized spacial score (nSPS) is 13.1. The summed E-state index contributed by atoms with van der Waals surface area (Å²) in [6.45, 7) is 0.776. The first kappa shape index (κ1) is 24.3. The zero-order chi connectivity index (χ0) is 25.7. The van der Waals surface area contributed by atoms with Crippen LogP contribution in [0.3, 0.4) is 0 Å². The largest absolute Gasteiger partial charge is 0.454 e. The van der Waals surface area contributed by atoms with Crippen LogP contribution >= 0.6 is 0 Å². The van der Waals surface area contributed by atoms with Gasteiger partial charge in [-0.1, -0.05) is 42.5 Å². The van der Waals surface area contributed by atoms with Crippen molar-refractivity contribution in [2.75, 3.05) is 17.2 Å². The van der Waals surface area contributed by atoms with Gasteiger partial charge in [-0.05, 0) is 42.0 Å². The van der Waals surface area contributed by atoms with Crippen molar-refractivity contribution < 1.29 is 28.7 Å². The minimum Gasteiger partial charge on any atom is -0.454 e. The third-order valence-corrected chi connectivity index (χ3v) is 5.52. The molecule has 9 heteroatoms. The summed E-state index contributed by atoms with van der Waals surface area (Å²) in [5.74, 6) is -2.86. The molecule has 0 saturated heterocycles. The average molecular weight is 485 g/mol. The van der Waals surface area contributed by atoms with Crippen LogP contribution in [-0.4, -0.2) is 47.1 Å². The summed E-state index contributed by atoms with van der Waals surface area (Å²) >= 11 is 0. The first-order valence-corrected chi connectivity index (χ1v) is 11.2. The second kappa shape index (κ2) is 10.6. The van der Waals surface area contributed by atoms with Gasteiger partial charge in [0.2, 0.25) is 5.91 Å². The number of fused-ring (bicyclic) bond motifs is 1. The molecular formula is C27H23N3O6. The number of nitrogens with one attached hydrogen (secondary N) is 2. The number of hydrogen-bond acceptors (Lipinski definition) is 6. The van der Waals surface area contributed by atoms with Crippen LogP contribution < -0.4 is 10.6 Å². The maximum Gasteiger partial charge on any atom is 0.330 e. The van der Waals surface area contributed by atoms with E-state index in [9.17, 15) is 24.0 Å². The van der Waals surface area contributed by atoms with Crippen molar-refractivity contribution in [1.29, 1.82) is 0 Å². The lowest BCUT2D eigenvalue weighted by molar-refractivity contribution is -0.151. The topological polar surface area (TPSA) is 122 Å². The molecule has 36 heavy (non-hydrogen) atoms. The number of ether oxygens (including phenoxy) is 1. The maximum atomic E-state index is 13.1. The van der Waals surface area contributed by atoms with E-state index in [4.69, 9.17) is 4.74 Å². The van der Waals surface area contributed by atoms with Crippen molar-refractivity contribution >= 4 is 41.0 Å². The van der Waals surface area contributed by atoms with Gasteiger partial charge < -0.3 is 15.4 Å². The standard InChI is InChI=1S/C27H23N3O6/c1-17(31)28-19-11-13-20(14-12-19)29-24(32)16-36-27(35)23(15-18-7-3-2-4-8-18)30-25(33)21-9-5-6-10-22(21)26(30)34/h2-14,23H,15-16H2,1H3,(H,28,31)(H,29,32)/t23-/m1/s1. The van der Waals surface area contributed by atoms with Gasteiger partial charge in [0, 0.05) is 24.7 Å². The predicted molar refractivity (Wildman–Crippen MR) is 131 cm³/mol. The SMILES string of the molecule is CC(=O)Nc1ccc(NC(=O)COC(=O)[C@@H](Cc2ccccc2)N2C(=O)c3ccccc3C2=O)cc1. The molecule has 9 nitrogen and oxygen atoms in total. The molecule has 0 fully saturated rings. The molecule has 1 aliphatic heterocycles. The summed E-state index contributed by atoms with van der Waals surface area (Å²) in [6, 6.07) is 20.4. The minimum absolute atomic E-state index is 0.0391. The van der Waals surface area contributed by atoms with E-state index in [2.05, 4.69) is 10.6 Å². The molecule has 0 saturated carbocycles. The quantitative estimate of drug-likeness (QED) is 0.374. The number of anilines is 2. The number of imide groups is 1. The molecule has 3 aromatic carbocycles. The summed E-state index contributed by atoms with van der Waals surface area (Å²) in [6.07, 6.45) is 0.0391. The molecule has 0 bridgehead atoms. The van der Waals surface area contributed by atoms with E-state index in [1.807, 2.05) is 6.07 Å². The van der Waals surface area contributed by atoms with Gasteiger partial charge in [0.15, 0.2) is 6.61 Å². The highest BCUT2D eigenvalue weighted by atomic mass is 16.5. The summed E-state index contributed by atoms with van der Waals surface area (Å²) in [7, 11) is 0. The van der Waals surface area contributed by atoms with Crippen LogP contribution in [0.4, 0.5) is 11.4 Å². The van der Waals surface area contributed by atoms with Crippen LogP contribution in [0.15, 0.2) is 78.9 Å². The Morgan fingerprint density at radius 1 is 0.778 bits per heavy atom. The molecule has 1 aliphatic rings. The number of esters is 1. The fourth-order valence-corrected chi connectivity index (χ4v) is 3.88. The van der Waals surface area contributed by atoms with Crippen molar-refractivity contribution in [3.63, 3.8) is 0 Å². The Balaban J connectivity index is 1.45. The summed E-state index contributed by atoms with van der Waals surface area (Å²) < 4.78 is 5.24. The van der Waals surface area contributed by atoms with E-state index >= 15 is 0 Å². The number of nitrogens with zero attached hydrogens (tertiary/aromatic N) is 1. The first-order valence-electron chi connectivity index (χ1n) is 11.2. The highest BCUT2D eigenvalue weighted by Crippen LogP contribution is 2.26. The molecular weight excluding hydrogens is 462 g/mol. The highest BCUT2D eigenvalue weighted by molar-refractivity contribution is 6.22. The molecule has 0 aliphatic carbocycles. The van der Waals surface area contributed by atoms with E-state index in [0.29, 0.717) is 11.4 Å². The van der Waals surface area contributed by atoms with Gasteiger partial charge in [0.25, 0.3) is 17.7 Å². The van der Waals surface area contributed by atoms with Gasteiger partial charge in [-0.2, -0.15) is 0 Å². The molecule has 0 spiro atoms. The lowest BCUT2D eigenvalue weighted by Gasteiger charge is -2.24. The van der Waals surface area contributed by atoms with Crippen molar-refractivity contribution in [2.45, 2.75) is 19.4 Å². The van der Waals surface area contributed by atoms with Crippen molar-refractivity contribution in [3.8, 4) is 0 Å². The number of hydrogen-bond donors (Lipinski definition) is 2. The molecule has 0 radical (unpaired) electrons. The van der Waals surface area contributed by atoms with Crippen molar-refractivity contribution in [3.05, 3.63) is 95.6 Å². The van der Waals surface area contributed by atoms with E-state index in [1.165, 1.54) is 19.1 Å². The second-order valence-electron chi connectivity index (χ2n) is 8.15. The number of amides is 4. The van der Waals surface area contributed by atoms with Crippen LogP contribution in [0.5, 0.6) is 0 Å². The zero-order valence-corrected chi connectivity index (χ0v) is 19.4. The van der Waals surface area contributed by atoms with E-state index in [1.54, 1.807) is 60.7 Å². The van der Waals surface area contributed by atoms with Crippen LogP contribution in [0.25, 0.3) is 0 Å². The second-order valence-corrected chi connectivity index (χ2v) is 8.15. The third-order valence-electron chi connectivity index (χ3n) is 5.52. The fraction of sp³-hybridized carbons (Fsp3) is 0.148. The van der Waals surface area contributed by atoms with Crippen molar-refractivity contribution in [1.82, 2.24) is 4.90 Å².